The van der Waals surface area contributed by atoms with Gasteiger partial charge in [0.1, 0.15) is 0 Å². The Hall–Kier alpha value is -5.26. The van der Waals surface area contributed by atoms with E-state index in [2.05, 4.69) is 5.32 Å². The van der Waals surface area contributed by atoms with E-state index < -0.39 is 64.5 Å². The number of carbonyl (C=O) groups excluding carboxylic acids is 3. The van der Waals surface area contributed by atoms with Gasteiger partial charge in [-0.1, -0.05) is 24.3 Å². The second-order valence-electron chi connectivity index (χ2n) is 8.51. The minimum Gasteiger partial charge on any atom is -0.505 e. The molecule has 1 amide bonds. The van der Waals surface area contributed by atoms with E-state index in [0.29, 0.717) is 0 Å². The Kier molecular flexibility index (Phi) is 8.32. The molecule has 0 saturated carbocycles. The summed E-state index contributed by atoms with van der Waals surface area (Å²) < 4.78 is 78.0. The van der Waals surface area contributed by atoms with Crippen molar-refractivity contribution in [3.8, 4) is 22.6 Å². The zero-order chi connectivity index (χ0) is 29.8. The number of ether oxygens (including phenoxy) is 2. The van der Waals surface area contributed by atoms with Gasteiger partial charge in [-0.2, -0.15) is 0 Å². The number of esters is 2. The molecule has 0 aliphatic carbocycles. The smallest absolute Gasteiger partial charge is 0.343 e. The predicted octanol–water partition coefficient (Wildman–Crippen LogP) is 5.62. The summed E-state index contributed by atoms with van der Waals surface area (Å²) in [7, 11) is 1.07. The topological polar surface area (TPSA) is 102 Å². The maximum Gasteiger partial charge on any atom is 0.343 e. The van der Waals surface area contributed by atoms with E-state index in [9.17, 15) is 41.4 Å². The molecule has 41 heavy (non-hydrogen) atoms. The van der Waals surface area contributed by atoms with Crippen LogP contribution in [0.15, 0.2) is 72.8 Å². The van der Waals surface area contributed by atoms with Gasteiger partial charge in [0.2, 0.25) is 0 Å². The summed E-state index contributed by atoms with van der Waals surface area (Å²) in [5.74, 6) is -10.7. The van der Waals surface area contributed by atoms with Crippen LogP contribution in [0, 0.1) is 29.1 Å². The Morgan fingerprint density at radius 3 is 1.95 bits per heavy atom. The maximum atomic E-state index is 14.7. The lowest BCUT2D eigenvalue weighted by atomic mass is 10.00. The van der Waals surface area contributed by atoms with Crippen LogP contribution in [-0.2, 0) is 9.53 Å². The highest BCUT2D eigenvalue weighted by Gasteiger charge is 2.25. The second kappa shape index (κ2) is 11.9. The predicted molar refractivity (Wildman–Crippen MR) is 133 cm³/mol. The number of carbonyl (C=O) groups is 3. The number of hydrogen-bond donors (Lipinski definition) is 2. The van der Waals surface area contributed by atoms with Crippen LogP contribution in [0.25, 0.3) is 11.1 Å². The molecule has 12 heteroatoms. The van der Waals surface area contributed by atoms with Gasteiger partial charge in [0.25, 0.3) is 5.91 Å². The van der Waals surface area contributed by atoms with Crippen molar-refractivity contribution in [3.05, 3.63) is 119 Å². The molecule has 4 aromatic rings. The summed E-state index contributed by atoms with van der Waals surface area (Å²) in [6.45, 7) is 0. The first-order chi connectivity index (χ1) is 19.5. The number of phenolic OH excluding ortho intramolecular Hbond substituents is 1. The van der Waals surface area contributed by atoms with E-state index >= 15 is 0 Å². The highest BCUT2D eigenvalue weighted by Crippen LogP contribution is 2.27. The third kappa shape index (κ3) is 6.32. The lowest BCUT2D eigenvalue weighted by Gasteiger charge is -2.18. The van der Waals surface area contributed by atoms with E-state index in [1.165, 1.54) is 24.3 Å². The summed E-state index contributed by atoms with van der Waals surface area (Å²) in [6.07, 6.45) is 0. The van der Waals surface area contributed by atoms with Gasteiger partial charge < -0.3 is 19.9 Å². The summed E-state index contributed by atoms with van der Waals surface area (Å²) >= 11 is 0. The largest absolute Gasteiger partial charge is 0.505 e. The van der Waals surface area contributed by atoms with Crippen LogP contribution in [0.3, 0.4) is 0 Å². The summed E-state index contributed by atoms with van der Waals surface area (Å²) in [5, 5.41) is 11.8. The molecule has 0 bridgehead atoms. The van der Waals surface area contributed by atoms with Crippen LogP contribution in [0.5, 0.6) is 11.5 Å². The van der Waals surface area contributed by atoms with Crippen molar-refractivity contribution in [1.82, 2.24) is 5.32 Å². The molecule has 0 aliphatic rings. The lowest BCUT2D eigenvalue weighted by molar-refractivity contribution is -0.143. The number of methoxy groups -OCH3 is 1. The molecular formula is C29H18F5NO6. The van der Waals surface area contributed by atoms with Crippen molar-refractivity contribution in [2.24, 2.45) is 0 Å². The average molecular weight is 571 g/mol. The fourth-order valence-electron chi connectivity index (χ4n) is 3.72. The minimum absolute atomic E-state index is 0.0269. The fraction of sp³-hybridized carbons (Fsp3) is 0.0690. The summed E-state index contributed by atoms with van der Waals surface area (Å²) in [5.41, 5.74) is -0.00880. The molecule has 2 N–H and O–H groups in total. The van der Waals surface area contributed by atoms with E-state index in [-0.39, 0.29) is 27.8 Å². The maximum absolute atomic E-state index is 14.7. The monoisotopic (exact) mass is 571 g/mol. The Balaban J connectivity index is 1.51. The van der Waals surface area contributed by atoms with E-state index in [4.69, 9.17) is 9.47 Å². The number of phenols is 1. The zero-order valence-corrected chi connectivity index (χ0v) is 20.9. The standard InChI is InChI=1S/C29H18F5NO6/c1-40-29(39)26(15-4-2-14(3-5-15)18-11-21(32)25(34)22(33)12-18)35-27(37)16-7-9-24(20(31)10-16)41-28(38)17-6-8-19(30)23(36)13-17/h2-13,26,36H,1H3,(H,35,37). The van der Waals surface area contributed by atoms with Crippen LogP contribution < -0.4 is 10.1 Å². The van der Waals surface area contributed by atoms with E-state index in [1.807, 2.05) is 0 Å². The number of rotatable bonds is 7. The molecule has 0 radical (unpaired) electrons. The number of nitrogens with one attached hydrogen (secondary N) is 1. The molecule has 7 nitrogen and oxygen atoms in total. The molecule has 0 saturated heterocycles. The molecule has 0 aromatic heterocycles. The second-order valence-corrected chi connectivity index (χ2v) is 8.51. The normalized spacial score (nSPS) is 11.5. The van der Waals surface area contributed by atoms with E-state index in [0.717, 1.165) is 55.6 Å². The quantitative estimate of drug-likeness (QED) is 0.129. The SMILES string of the molecule is COC(=O)C(NC(=O)c1ccc(OC(=O)c2ccc(F)c(O)c2)c(F)c1)c1ccc(-c2cc(F)c(F)c(F)c2)cc1. The fourth-order valence-corrected chi connectivity index (χ4v) is 3.72. The summed E-state index contributed by atoms with van der Waals surface area (Å²) in [4.78, 5) is 37.5. The number of hydrogen-bond acceptors (Lipinski definition) is 6. The van der Waals surface area contributed by atoms with Crippen molar-refractivity contribution < 1.29 is 50.9 Å². The molecule has 210 valence electrons. The molecule has 0 aliphatic heterocycles. The van der Waals surface area contributed by atoms with Gasteiger partial charge in [-0.3, -0.25) is 4.79 Å². The van der Waals surface area contributed by atoms with Gasteiger partial charge in [0, 0.05) is 5.56 Å². The number of amides is 1. The van der Waals surface area contributed by atoms with Crippen LogP contribution in [0.4, 0.5) is 22.0 Å². The van der Waals surface area contributed by atoms with Crippen molar-refractivity contribution >= 4 is 17.8 Å². The van der Waals surface area contributed by atoms with Gasteiger partial charge in [0.15, 0.2) is 46.6 Å². The van der Waals surface area contributed by atoms with Crippen LogP contribution in [0.1, 0.15) is 32.3 Å². The van der Waals surface area contributed by atoms with Gasteiger partial charge in [0.05, 0.1) is 12.7 Å². The molecule has 1 unspecified atom stereocenters. The Bertz CT molecular complexity index is 1640. The third-order valence-electron chi connectivity index (χ3n) is 5.85. The first-order valence-electron chi connectivity index (χ1n) is 11.6. The number of halogens is 5. The number of benzene rings is 4. The highest BCUT2D eigenvalue weighted by atomic mass is 19.2. The van der Waals surface area contributed by atoms with Crippen LogP contribution in [-0.4, -0.2) is 30.1 Å². The Morgan fingerprint density at radius 2 is 1.37 bits per heavy atom. The molecule has 0 heterocycles. The van der Waals surface area contributed by atoms with Crippen molar-refractivity contribution in [1.29, 1.82) is 0 Å². The molecule has 4 aromatic carbocycles. The first kappa shape index (κ1) is 28.7. The number of aromatic hydroxyl groups is 1. The minimum atomic E-state index is -1.62. The van der Waals surface area contributed by atoms with Gasteiger partial charge >= 0.3 is 11.9 Å². The van der Waals surface area contributed by atoms with Gasteiger partial charge in [-0.25, -0.2) is 31.5 Å². The lowest BCUT2D eigenvalue weighted by Crippen LogP contribution is -2.34. The molecule has 0 spiro atoms. The molecular weight excluding hydrogens is 553 g/mol. The molecule has 0 fully saturated rings. The average Bonchev–Trinajstić information content (AvgIpc) is 2.96. The first-order valence-corrected chi connectivity index (χ1v) is 11.6. The van der Waals surface area contributed by atoms with Crippen LogP contribution >= 0.6 is 0 Å². The van der Waals surface area contributed by atoms with Crippen molar-refractivity contribution in [2.75, 3.05) is 7.11 Å². The Labute approximate surface area is 228 Å². The molecule has 4 rings (SSSR count). The Morgan fingerprint density at radius 1 is 0.732 bits per heavy atom. The third-order valence-corrected chi connectivity index (χ3v) is 5.85. The van der Waals surface area contributed by atoms with Gasteiger partial charge in [-0.05, 0) is 65.2 Å². The summed E-state index contributed by atoms with van der Waals surface area (Å²) in [6, 6.07) is 11.2. The molecule has 1 atom stereocenters. The van der Waals surface area contributed by atoms with E-state index in [1.54, 1.807) is 0 Å². The van der Waals surface area contributed by atoms with Gasteiger partial charge in [-0.15, -0.1) is 0 Å². The van der Waals surface area contributed by atoms with Crippen LogP contribution in [0.2, 0.25) is 0 Å². The van der Waals surface area contributed by atoms with Crippen molar-refractivity contribution in [3.63, 3.8) is 0 Å². The van der Waals surface area contributed by atoms with Crippen molar-refractivity contribution in [2.45, 2.75) is 6.04 Å². The highest BCUT2D eigenvalue weighted by molar-refractivity contribution is 5.97. The zero-order valence-electron chi connectivity index (χ0n) is 20.9.